The fraction of sp³-hybridized carbons (Fsp3) is 0.786. The maximum atomic E-state index is 13.3. The number of hydrogen-bond donors (Lipinski definition) is 1. The highest BCUT2D eigenvalue weighted by atomic mass is 19.4. The Balaban J connectivity index is 2.27. The van der Waals surface area contributed by atoms with Crippen LogP contribution < -0.4 is 5.32 Å². The van der Waals surface area contributed by atoms with Gasteiger partial charge in [0.1, 0.15) is 5.69 Å². The number of aromatic nitrogens is 2. The first-order valence-electron chi connectivity index (χ1n) is 6.98. The van der Waals surface area contributed by atoms with Gasteiger partial charge in [0.25, 0.3) is 0 Å². The monoisotopic (exact) mass is 289 g/mol. The Morgan fingerprint density at radius 2 is 1.95 bits per heavy atom. The normalized spacial score (nSPS) is 18.4. The lowest BCUT2D eigenvalue weighted by molar-refractivity contribution is -0.145. The summed E-state index contributed by atoms with van der Waals surface area (Å²) in [6.45, 7) is 7.78. The summed E-state index contributed by atoms with van der Waals surface area (Å²) in [4.78, 5) is 0. The summed E-state index contributed by atoms with van der Waals surface area (Å²) >= 11 is 0. The third kappa shape index (κ3) is 3.53. The fourth-order valence-electron chi connectivity index (χ4n) is 2.29. The van der Waals surface area contributed by atoms with Gasteiger partial charge in [-0.1, -0.05) is 0 Å². The van der Waals surface area contributed by atoms with Gasteiger partial charge in [-0.3, -0.25) is 4.68 Å². The van der Waals surface area contributed by atoms with Crippen LogP contribution in [0.25, 0.3) is 0 Å². The van der Waals surface area contributed by atoms with Gasteiger partial charge in [0.05, 0.1) is 12.2 Å². The Morgan fingerprint density at radius 1 is 1.35 bits per heavy atom. The molecule has 3 nitrogen and oxygen atoms in total. The standard InChI is InChI=1S/C14H22F3N3/c1-9(10-5-6-10)20-12(14(15,16)17)11(8-19-20)7-18-13(2,3)4/h8-10,18H,5-7H2,1-4H3. The zero-order chi connectivity index (χ0) is 15.1. The summed E-state index contributed by atoms with van der Waals surface area (Å²) < 4.78 is 41.1. The fourth-order valence-corrected chi connectivity index (χ4v) is 2.29. The molecule has 1 aliphatic carbocycles. The van der Waals surface area contributed by atoms with Gasteiger partial charge in [-0.15, -0.1) is 0 Å². The summed E-state index contributed by atoms with van der Waals surface area (Å²) in [6.07, 6.45) is -1.03. The predicted octanol–water partition coefficient (Wildman–Crippen LogP) is 3.76. The number of rotatable bonds is 4. The van der Waals surface area contributed by atoms with Crippen molar-refractivity contribution in [1.29, 1.82) is 0 Å². The molecule has 2 rings (SSSR count). The first kappa shape index (κ1) is 15.4. The number of halogens is 3. The molecule has 114 valence electrons. The number of nitrogens with one attached hydrogen (secondary N) is 1. The third-order valence-corrected chi connectivity index (χ3v) is 3.64. The predicted molar refractivity (Wildman–Crippen MR) is 71.3 cm³/mol. The molecule has 0 amide bonds. The second-order valence-electron chi connectivity index (χ2n) is 6.64. The van der Waals surface area contributed by atoms with Gasteiger partial charge >= 0.3 is 6.18 Å². The second-order valence-corrected chi connectivity index (χ2v) is 6.64. The molecule has 1 atom stereocenters. The first-order valence-corrected chi connectivity index (χ1v) is 6.98. The van der Waals surface area contributed by atoms with Crippen molar-refractivity contribution >= 4 is 0 Å². The molecule has 0 spiro atoms. The van der Waals surface area contributed by atoms with E-state index < -0.39 is 11.9 Å². The second kappa shape index (κ2) is 5.06. The van der Waals surface area contributed by atoms with E-state index in [0.29, 0.717) is 5.92 Å². The van der Waals surface area contributed by atoms with Crippen molar-refractivity contribution in [2.24, 2.45) is 5.92 Å². The Morgan fingerprint density at radius 3 is 2.40 bits per heavy atom. The minimum absolute atomic E-state index is 0.176. The molecule has 0 radical (unpaired) electrons. The van der Waals surface area contributed by atoms with Crippen LogP contribution in [0.4, 0.5) is 13.2 Å². The highest BCUT2D eigenvalue weighted by Crippen LogP contribution is 2.42. The van der Waals surface area contributed by atoms with Crippen LogP contribution in [-0.4, -0.2) is 15.3 Å². The molecule has 1 aromatic rings. The minimum Gasteiger partial charge on any atom is -0.308 e. The SMILES string of the molecule is CC(C1CC1)n1ncc(CNC(C)(C)C)c1C(F)(F)F. The maximum absolute atomic E-state index is 13.3. The van der Waals surface area contributed by atoms with Crippen LogP contribution in [-0.2, 0) is 12.7 Å². The van der Waals surface area contributed by atoms with Crippen LogP contribution in [0.5, 0.6) is 0 Å². The number of nitrogens with zero attached hydrogens (tertiary/aromatic N) is 2. The summed E-state index contributed by atoms with van der Waals surface area (Å²) in [7, 11) is 0. The Hall–Kier alpha value is -1.04. The van der Waals surface area contributed by atoms with Gasteiger partial charge in [-0.25, -0.2) is 0 Å². The molecule has 1 saturated carbocycles. The average Bonchev–Trinajstić information content (AvgIpc) is 3.02. The molecular weight excluding hydrogens is 267 g/mol. The molecule has 0 aliphatic heterocycles. The molecule has 0 saturated heterocycles. The highest BCUT2D eigenvalue weighted by Gasteiger charge is 2.41. The molecule has 1 aromatic heterocycles. The van der Waals surface area contributed by atoms with Crippen molar-refractivity contribution in [3.8, 4) is 0 Å². The van der Waals surface area contributed by atoms with Gasteiger partial charge in [-0.2, -0.15) is 18.3 Å². The van der Waals surface area contributed by atoms with Gasteiger partial charge in [-0.05, 0) is 46.5 Å². The third-order valence-electron chi connectivity index (χ3n) is 3.64. The quantitative estimate of drug-likeness (QED) is 0.914. The van der Waals surface area contributed by atoms with Gasteiger partial charge < -0.3 is 5.32 Å². The Bertz CT molecular complexity index is 467. The summed E-state index contributed by atoms with van der Waals surface area (Å²) in [5.74, 6) is 0.333. The van der Waals surface area contributed by atoms with Crippen LogP contribution >= 0.6 is 0 Å². The zero-order valence-corrected chi connectivity index (χ0v) is 12.4. The van der Waals surface area contributed by atoms with Crippen molar-refractivity contribution in [3.63, 3.8) is 0 Å². The lowest BCUT2D eigenvalue weighted by atomic mass is 10.1. The van der Waals surface area contributed by atoms with Gasteiger partial charge in [0, 0.05) is 17.6 Å². The maximum Gasteiger partial charge on any atom is 0.433 e. The summed E-state index contributed by atoms with van der Waals surface area (Å²) in [5.41, 5.74) is -0.610. The Kier molecular flexibility index (Phi) is 3.88. The topological polar surface area (TPSA) is 29.9 Å². The average molecular weight is 289 g/mol. The van der Waals surface area contributed by atoms with Crippen LogP contribution in [0.3, 0.4) is 0 Å². The van der Waals surface area contributed by atoms with E-state index in [4.69, 9.17) is 0 Å². The van der Waals surface area contributed by atoms with Gasteiger partial charge in [0.15, 0.2) is 0 Å². The molecule has 1 fully saturated rings. The van der Waals surface area contributed by atoms with Crippen molar-refractivity contribution in [1.82, 2.24) is 15.1 Å². The number of alkyl halides is 3. The van der Waals surface area contributed by atoms with E-state index in [1.165, 1.54) is 6.20 Å². The van der Waals surface area contributed by atoms with E-state index in [0.717, 1.165) is 17.5 Å². The van der Waals surface area contributed by atoms with Crippen LogP contribution in [0.2, 0.25) is 0 Å². The largest absolute Gasteiger partial charge is 0.433 e. The molecule has 0 bridgehead atoms. The molecule has 1 aliphatic rings. The van der Waals surface area contributed by atoms with Crippen molar-refractivity contribution in [3.05, 3.63) is 17.5 Å². The molecule has 6 heteroatoms. The molecule has 1 heterocycles. The van der Waals surface area contributed by atoms with Crippen LogP contribution in [0.15, 0.2) is 6.20 Å². The van der Waals surface area contributed by atoms with E-state index in [9.17, 15) is 13.2 Å². The van der Waals surface area contributed by atoms with E-state index in [-0.39, 0.29) is 23.7 Å². The first-order chi connectivity index (χ1) is 9.09. The number of hydrogen-bond acceptors (Lipinski definition) is 2. The van der Waals surface area contributed by atoms with E-state index in [1.54, 1.807) is 0 Å². The smallest absolute Gasteiger partial charge is 0.308 e. The van der Waals surface area contributed by atoms with Crippen molar-refractivity contribution in [2.45, 2.75) is 64.8 Å². The van der Waals surface area contributed by atoms with Crippen molar-refractivity contribution < 1.29 is 13.2 Å². The summed E-state index contributed by atoms with van der Waals surface area (Å²) in [6, 6.07) is -0.185. The summed E-state index contributed by atoms with van der Waals surface area (Å²) in [5, 5.41) is 7.10. The molecular formula is C14H22F3N3. The molecule has 20 heavy (non-hydrogen) atoms. The van der Waals surface area contributed by atoms with E-state index in [2.05, 4.69) is 10.4 Å². The zero-order valence-electron chi connectivity index (χ0n) is 12.4. The molecule has 1 N–H and O–H groups in total. The van der Waals surface area contributed by atoms with Crippen molar-refractivity contribution in [2.75, 3.05) is 0 Å². The lowest BCUT2D eigenvalue weighted by Gasteiger charge is -2.22. The van der Waals surface area contributed by atoms with E-state index in [1.807, 2.05) is 27.7 Å². The minimum atomic E-state index is -4.37. The Labute approximate surface area is 117 Å². The van der Waals surface area contributed by atoms with E-state index >= 15 is 0 Å². The highest BCUT2D eigenvalue weighted by molar-refractivity contribution is 5.22. The van der Waals surface area contributed by atoms with Crippen LogP contribution in [0, 0.1) is 5.92 Å². The van der Waals surface area contributed by atoms with Gasteiger partial charge in [0.2, 0.25) is 0 Å². The molecule has 1 unspecified atom stereocenters. The lowest BCUT2D eigenvalue weighted by Crippen LogP contribution is -2.35. The molecule has 0 aromatic carbocycles. The van der Waals surface area contributed by atoms with Crippen LogP contribution in [0.1, 0.15) is 57.8 Å².